The zero-order valence-electron chi connectivity index (χ0n) is 19.1. The standard InChI is InChI=1S/C29H31O2S/c1-22-12-10-11-17-27(22)29(2,3)31-28(30)23-18-20-26(21-19-23)32(24-13-6-4-7-14-24)25-15-8-5-9-16-25/h4-9,12-16,18-21,27H,10-11,17H2,1-3H3/q+1. The van der Waals surface area contributed by atoms with Crippen molar-refractivity contribution in [1.29, 1.82) is 0 Å². The molecule has 4 rings (SSSR count). The van der Waals surface area contributed by atoms with Crippen molar-refractivity contribution in [3.05, 3.63) is 102 Å². The fraction of sp³-hybridized carbons (Fsp3) is 0.276. The van der Waals surface area contributed by atoms with Crippen molar-refractivity contribution in [3.8, 4) is 0 Å². The van der Waals surface area contributed by atoms with E-state index in [-0.39, 0.29) is 22.8 Å². The monoisotopic (exact) mass is 443 g/mol. The van der Waals surface area contributed by atoms with Crippen molar-refractivity contribution in [3.63, 3.8) is 0 Å². The molecular formula is C29H31O2S+. The van der Waals surface area contributed by atoms with Crippen molar-refractivity contribution in [2.45, 2.75) is 60.3 Å². The first-order valence-electron chi connectivity index (χ1n) is 11.3. The lowest BCUT2D eigenvalue weighted by atomic mass is 9.78. The Morgan fingerprint density at radius 3 is 1.91 bits per heavy atom. The predicted molar refractivity (Wildman–Crippen MR) is 132 cm³/mol. The molecule has 0 saturated carbocycles. The highest BCUT2D eigenvalue weighted by atomic mass is 32.2. The molecule has 1 aliphatic rings. The highest BCUT2D eigenvalue weighted by molar-refractivity contribution is 7.97. The summed E-state index contributed by atoms with van der Waals surface area (Å²) in [4.78, 5) is 16.7. The average molecular weight is 444 g/mol. The lowest BCUT2D eigenvalue weighted by Gasteiger charge is -2.36. The summed E-state index contributed by atoms with van der Waals surface area (Å²) in [7, 11) is -0.223. The molecule has 2 nitrogen and oxygen atoms in total. The van der Waals surface area contributed by atoms with E-state index in [9.17, 15) is 4.79 Å². The van der Waals surface area contributed by atoms with Crippen LogP contribution in [0.15, 0.2) is 111 Å². The molecule has 0 saturated heterocycles. The van der Waals surface area contributed by atoms with Crippen LogP contribution in [0, 0.1) is 5.92 Å². The van der Waals surface area contributed by atoms with Crippen LogP contribution in [-0.2, 0) is 15.6 Å². The topological polar surface area (TPSA) is 26.3 Å². The van der Waals surface area contributed by atoms with Gasteiger partial charge in [-0.15, -0.1) is 0 Å². The Hall–Kier alpha value is -2.78. The molecule has 1 aliphatic carbocycles. The molecule has 1 unspecified atom stereocenters. The van der Waals surface area contributed by atoms with Gasteiger partial charge in [-0.3, -0.25) is 0 Å². The Balaban J connectivity index is 1.57. The molecule has 0 aliphatic heterocycles. The minimum absolute atomic E-state index is 0.223. The first kappa shape index (κ1) is 22.4. The third-order valence-electron chi connectivity index (χ3n) is 6.19. The van der Waals surface area contributed by atoms with Crippen LogP contribution in [-0.4, -0.2) is 11.6 Å². The van der Waals surface area contributed by atoms with E-state index in [0.717, 1.165) is 19.3 Å². The largest absolute Gasteiger partial charge is 0.455 e. The van der Waals surface area contributed by atoms with Gasteiger partial charge in [-0.1, -0.05) is 48.0 Å². The molecule has 0 amide bonds. The van der Waals surface area contributed by atoms with Gasteiger partial charge >= 0.3 is 5.97 Å². The van der Waals surface area contributed by atoms with Crippen LogP contribution >= 0.6 is 0 Å². The minimum Gasteiger partial charge on any atom is -0.455 e. The van der Waals surface area contributed by atoms with E-state index in [1.54, 1.807) is 0 Å². The first-order chi connectivity index (χ1) is 15.5. The Labute approximate surface area is 194 Å². The number of hydrogen-bond acceptors (Lipinski definition) is 2. The van der Waals surface area contributed by atoms with Crippen molar-refractivity contribution >= 4 is 16.9 Å². The third-order valence-corrected chi connectivity index (χ3v) is 8.42. The van der Waals surface area contributed by atoms with Crippen molar-refractivity contribution in [2.24, 2.45) is 5.92 Å². The molecule has 3 aromatic rings. The van der Waals surface area contributed by atoms with Gasteiger partial charge in [-0.2, -0.15) is 0 Å². The van der Waals surface area contributed by atoms with Gasteiger partial charge in [0.25, 0.3) is 0 Å². The van der Waals surface area contributed by atoms with Gasteiger partial charge in [0.05, 0.1) is 16.5 Å². The number of rotatable bonds is 6. The second-order valence-corrected chi connectivity index (χ2v) is 10.9. The van der Waals surface area contributed by atoms with E-state index < -0.39 is 5.60 Å². The van der Waals surface area contributed by atoms with Crippen molar-refractivity contribution in [1.82, 2.24) is 0 Å². The number of benzene rings is 3. The maximum atomic E-state index is 13.0. The molecule has 32 heavy (non-hydrogen) atoms. The van der Waals surface area contributed by atoms with Crippen LogP contribution < -0.4 is 0 Å². The van der Waals surface area contributed by atoms with Gasteiger partial charge < -0.3 is 4.74 Å². The Morgan fingerprint density at radius 1 is 0.844 bits per heavy atom. The SMILES string of the molecule is CC1=CCCCC1C(C)(C)OC(=O)c1ccc([S+](c2ccccc2)c2ccccc2)cc1. The number of carbonyl (C=O) groups excluding carboxylic acids is 1. The highest BCUT2D eigenvalue weighted by Gasteiger charge is 2.36. The summed E-state index contributed by atoms with van der Waals surface area (Å²) in [6, 6.07) is 29.0. The molecule has 164 valence electrons. The van der Waals surface area contributed by atoms with Crippen LogP contribution in [0.2, 0.25) is 0 Å². The van der Waals surface area contributed by atoms with Crippen LogP contribution in [0.25, 0.3) is 0 Å². The predicted octanol–water partition coefficient (Wildman–Crippen LogP) is 7.46. The van der Waals surface area contributed by atoms with Crippen molar-refractivity contribution < 1.29 is 9.53 Å². The van der Waals surface area contributed by atoms with E-state index in [4.69, 9.17) is 4.74 Å². The minimum atomic E-state index is -0.519. The average Bonchev–Trinajstić information content (AvgIpc) is 2.81. The third kappa shape index (κ3) is 4.99. The van der Waals surface area contributed by atoms with Gasteiger partial charge in [0.15, 0.2) is 14.7 Å². The first-order valence-corrected chi connectivity index (χ1v) is 12.5. The number of allylic oxidation sites excluding steroid dienone is 1. The number of ether oxygens (including phenoxy) is 1. The smallest absolute Gasteiger partial charge is 0.338 e. The second-order valence-electron chi connectivity index (χ2n) is 8.88. The van der Waals surface area contributed by atoms with Gasteiger partial charge in [-0.25, -0.2) is 4.79 Å². The molecule has 0 spiro atoms. The normalized spacial score (nSPS) is 16.5. The van der Waals surface area contributed by atoms with Crippen LogP contribution in [0.5, 0.6) is 0 Å². The molecule has 0 bridgehead atoms. The van der Waals surface area contributed by atoms with E-state index >= 15 is 0 Å². The second kappa shape index (κ2) is 9.79. The van der Waals surface area contributed by atoms with E-state index in [2.05, 4.69) is 73.7 Å². The summed E-state index contributed by atoms with van der Waals surface area (Å²) in [5.41, 5.74) is 1.41. The van der Waals surface area contributed by atoms with Crippen LogP contribution in [0.4, 0.5) is 0 Å². The number of esters is 1. The Morgan fingerprint density at radius 2 is 1.38 bits per heavy atom. The lowest BCUT2D eigenvalue weighted by molar-refractivity contribution is -0.0249. The van der Waals surface area contributed by atoms with Gasteiger partial charge in [0.1, 0.15) is 5.60 Å². The van der Waals surface area contributed by atoms with Crippen molar-refractivity contribution in [2.75, 3.05) is 0 Å². The van der Waals surface area contributed by atoms with Gasteiger partial charge in [0, 0.05) is 5.92 Å². The van der Waals surface area contributed by atoms with Gasteiger partial charge in [-0.05, 0) is 88.6 Å². The quantitative estimate of drug-likeness (QED) is 0.224. The zero-order chi connectivity index (χ0) is 22.6. The fourth-order valence-corrected chi connectivity index (χ4v) is 6.62. The summed E-state index contributed by atoms with van der Waals surface area (Å²) in [6.07, 6.45) is 5.63. The van der Waals surface area contributed by atoms with Gasteiger partial charge in [0.2, 0.25) is 0 Å². The Bertz CT molecular complexity index is 1030. The molecule has 3 aromatic carbocycles. The van der Waals surface area contributed by atoms with Crippen LogP contribution in [0.1, 0.15) is 50.4 Å². The number of carbonyl (C=O) groups is 1. The number of hydrogen-bond donors (Lipinski definition) is 0. The lowest BCUT2D eigenvalue weighted by Crippen LogP contribution is -2.38. The van der Waals surface area contributed by atoms with E-state index in [0.29, 0.717) is 5.56 Å². The fourth-order valence-electron chi connectivity index (χ4n) is 4.54. The summed E-state index contributed by atoms with van der Waals surface area (Å²) in [5, 5.41) is 0. The molecule has 0 radical (unpaired) electrons. The zero-order valence-corrected chi connectivity index (χ0v) is 19.9. The highest BCUT2D eigenvalue weighted by Crippen LogP contribution is 2.36. The maximum absolute atomic E-state index is 13.0. The summed E-state index contributed by atoms with van der Waals surface area (Å²) < 4.78 is 6.03. The molecule has 0 N–H and O–H groups in total. The molecule has 0 fully saturated rings. The molecule has 1 atom stereocenters. The summed E-state index contributed by atoms with van der Waals surface area (Å²) in [5.74, 6) is 0.0284. The van der Waals surface area contributed by atoms with E-state index in [1.807, 2.05) is 38.1 Å². The molecule has 0 aromatic heterocycles. The maximum Gasteiger partial charge on any atom is 0.338 e. The molecule has 3 heteroatoms. The molecular weight excluding hydrogens is 412 g/mol. The van der Waals surface area contributed by atoms with E-state index in [1.165, 1.54) is 20.3 Å². The Kier molecular flexibility index (Phi) is 6.86. The summed E-state index contributed by atoms with van der Waals surface area (Å²) >= 11 is 0. The summed E-state index contributed by atoms with van der Waals surface area (Å²) in [6.45, 7) is 6.23. The van der Waals surface area contributed by atoms with Crippen LogP contribution in [0.3, 0.4) is 0 Å². The molecule has 0 heterocycles.